The monoisotopic (exact) mass is 205 g/mol. The number of hydrogen-bond acceptors (Lipinski definition) is 2. The maximum absolute atomic E-state index is 9.63. The molecular weight excluding hydrogens is 190 g/mol. The van der Waals surface area contributed by atoms with Gasteiger partial charge in [-0.1, -0.05) is 0 Å². The highest BCUT2D eigenvalue weighted by molar-refractivity contribution is 5.85. The molecule has 0 spiro atoms. The molecule has 0 amide bonds. The van der Waals surface area contributed by atoms with Crippen LogP contribution < -0.4 is 0 Å². The van der Waals surface area contributed by atoms with Gasteiger partial charge in [0.2, 0.25) is 0 Å². The van der Waals surface area contributed by atoms with E-state index in [1.807, 2.05) is 12.3 Å². The first-order valence-electron chi connectivity index (χ1n) is 5.13. The van der Waals surface area contributed by atoms with Crippen LogP contribution in [-0.2, 0) is 6.54 Å². The summed E-state index contributed by atoms with van der Waals surface area (Å²) in [6.07, 6.45) is 1.43. The molecular formula is C12H15NO2. The number of aromatic hydroxyl groups is 1. The number of aliphatic hydroxyl groups is 1. The largest absolute Gasteiger partial charge is 0.508 e. The SMILES string of the molecule is CCn1cc(C(C)O)c2cc(O)ccc21. The van der Waals surface area contributed by atoms with Crippen molar-refractivity contribution < 1.29 is 10.2 Å². The predicted molar refractivity (Wildman–Crippen MR) is 59.9 cm³/mol. The normalized spacial score (nSPS) is 13.3. The molecule has 1 atom stereocenters. The molecule has 2 rings (SSSR count). The van der Waals surface area contributed by atoms with E-state index >= 15 is 0 Å². The van der Waals surface area contributed by atoms with E-state index < -0.39 is 6.10 Å². The van der Waals surface area contributed by atoms with Gasteiger partial charge in [-0.05, 0) is 32.0 Å². The maximum Gasteiger partial charge on any atom is 0.116 e. The van der Waals surface area contributed by atoms with E-state index in [-0.39, 0.29) is 5.75 Å². The van der Waals surface area contributed by atoms with Gasteiger partial charge in [-0.15, -0.1) is 0 Å². The molecule has 2 aromatic rings. The van der Waals surface area contributed by atoms with Crippen molar-refractivity contribution in [2.24, 2.45) is 0 Å². The Bertz CT molecular complexity index is 486. The lowest BCUT2D eigenvalue weighted by atomic mass is 10.1. The standard InChI is InChI=1S/C12H15NO2/c1-3-13-7-11(8(2)14)10-6-9(15)4-5-12(10)13/h4-8,14-15H,3H2,1-2H3. The van der Waals surface area contributed by atoms with Gasteiger partial charge in [0.05, 0.1) is 6.10 Å². The highest BCUT2D eigenvalue weighted by Crippen LogP contribution is 2.29. The number of nitrogens with zero attached hydrogens (tertiary/aromatic N) is 1. The first-order chi connectivity index (χ1) is 7.13. The van der Waals surface area contributed by atoms with Gasteiger partial charge in [0.15, 0.2) is 0 Å². The molecule has 80 valence electrons. The van der Waals surface area contributed by atoms with Crippen LogP contribution >= 0.6 is 0 Å². The smallest absolute Gasteiger partial charge is 0.116 e. The van der Waals surface area contributed by atoms with Crippen LogP contribution in [-0.4, -0.2) is 14.8 Å². The number of rotatable bonds is 2. The Morgan fingerprint density at radius 1 is 1.40 bits per heavy atom. The minimum atomic E-state index is -0.512. The van der Waals surface area contributed by atoms with Gasteiger partial charge in [-0.25, -0.2) is 0 Å². The van der Waals surface area contributed by atoms with Gasteiger partial charge in [-0.2, -0.15) is 0 Å². The fourth-order valence-corrected chi connectivity index (χ4v) is 1.91. The second-order valence-corrected chi connectivity index (χ2v) is 3.75. The van der Waals surface area contributed by atoms with Crippen LogP contribution in [0.15, 0.2) is 24.4 Å². The minimum Gasteiger partial charge on any atom is -0.508 e. The molecule has 3 nitrogen and oxygen atoms in total. The molecule has 3 heteroatoms. The topological polar surface area (TPSA) is 45.4 Å². The van der Waals surface area contributed by atoms with Crippen molar-refractivity contribution in [3.05, 3.63) is 30.0 Å². The molecule has 1 unspecified atom stereocenters. The Hall–Kier alpha value is -1.48. The minimum absolute atomic E-state index is 0.234. The molecule has 1 aromatic carbocycles. The molecule has 0 bridgehead atoms. The summed E-state index contributed by atoms with van der Waals surface area (Å²) in [7, 11) is 0. The summed E-state index contributed by atoms with van der Waals surface area (Å²) >= 11 is 0. The molecule has 0 fully saturated rings. The van der Waals surface area contributed by atoms with Gasteiger partial charge in [0.25, 0.3) is 0 Å². The fourth-order valence-electron chi connectivity index (χ4n) is 1.91. The van der Waals surface area contributed by atoms with Crippen molar-refractivity contribution in [3.8, 4) is 5.75 Å². The average Bonchev–Trinajstić information content (AvgIpc) is 2.55. The Morgan fingerprint density at radius 3 is 2.73 bits per heavy atom. The van der Waals surface area contributed by atoms with Gasteiger partial charge in [0, 0.05) is 29.2 Å². The zero-order valence-corrected chi connectivity index (χ0v) is 8.94. The number of phenols is 1. The number of aromatic nitrogens is 1. The molecule has 0 aliphatic carbocycles. The molecule has 0 aliphatic heterocycles. The Morgan fingerprint density at radius 2 is 2.13 bits per heavy atom. The lowest BCUT2D eigenvalue weighted by molar-refractivity contribution is 0.200. The highest BCUT2D eigenvalue weighted by atomic mass is 16.3. The van der Waals surface area contributed by atoms with Crippen LogP contribution in [0.4, 0.5) is 0 Å². The van der Waals surface area contributed by atoms with Crippen LogP contribution in [0.5, 0.6) is 5.75 Å². The molecule has 1 heterocycles. The summed E-state index contributed by atoms with van der Waals surface area (Å²) in [5.41, 5.74) is 1.91. The Labute approximate surface area is 88.6 Å². The second kappa shape index (κ2) is 3.59. The van der Waals surface area contributed by atoms with Crippen molar-refractivity contribution in [2.75, 3.05) is 0 Å². The summed E-state index contributed by atoms with van der Waals surface area (Å²) in [6.45, 7) is 4.64. The summed E-state index contributed by atoms with van der Waals surface area (Å²) < 4.78 is 2.07. The number of aryl methyl sites for hydroxylation is 1. The third-order valence-electron chi connectivity index (χ3n) is 2.69. The Kier molecular flexibility index (Phi) is 2.40. The Balaban J connectivity index is 2.76. The van der Waals surface area contributed by atoms with Crippen LogP contribution in [0.3, 0.4) is 0 Å². The molecule has 0 radical (unpaired) electrons. The molecule has 2 N–H and O–H groups in total. The van der Waals surface area contributed by atoms with Crippen LogP contribution in [0.2, 0.25) is 0 Å². The van der Waals surface area contributed by atoms with E-state index in [0.29, 0.717) is 0 Å². The second-order valence-electron chi connectivity index (χ2n) is 3.75. The third kappa shape index (κ3) is 1.59. The lowest BCUT2D eigenvalue weighted by Gasteiger charge is -2.01. The zero-order valence-electron chi connectivity index (χ0n) is 8.94. The van der Waals surface area contributed by atoms with Crippen molar-refractivity contribution in [2.45, 2.75) is 26.5 Å². The summed E-state index contributed by atoms with van der Waals surface area (Å²) in [5.74, 6) is 0.234. The number of aliphatic hydroxyl groups excluding tert-OH is 1. The fraction of sp³-hybridized carbons (Fsp3) is 0.333. The summed E-state index contributed by atoms with van der Waals surface area (Å²) in [5, 5.41) is 20.0. The number of fused-ring (bicyclic) bond motifs is 1. The number of hydrogen-bond donors (Lipinski definition) is 2. The molecule has 15 heavy (non-hydrogen) atoms. The number of benzene rings is 1. The van der Waals surface area contributed by atoms with Crippen molar-refractivity contribution >= 4 is 10.9 Å². The quantitative estimate of drug-likeness (QED) is 0.790. The van der Waals surface area contributed by atoms with Crippen LogP contribution in [0, 0.1) is 0 Å². The predicted octanol–water partition coefficient (Wildman–Crippen LogP) is 2.42. The van der Waals surface area contributed by atoms with Crippen molar-refractivity contribution in [1.29, 1.82) is 0 Å². The van der Waals surface area contributed by atoms with E-state index in [4.69, 9.17) is 0 Å². The van der Waals surface area contributed by atoms with Crippen molar-refractivity contribution in [1.82, 2.24) is 4.57 Å². The molecule has 0 aliphatic rings. The average molecular weight is 205 g/mol. The maximum atomic E-state index is 9.63. The lowest BCUT2D eigenvalue weighted by Crippen LogP contribution is -1.91. The summed E-state index contributed by atoms with van der Waals surface area (Å²) in [6, 6.07) is 5.24. The van der Waals surface area contributed by atoms with Gasteiger partial charge in [0.1, 0.15) is 5.75 Å². The van der Waals surface area contributed by atoms with Gasteiger partial charge < -0.3 is 14.8 Å². The van der Waals surface area contributed by atoms with Gasteiger partial charge in [-0.3, -0.25) is 0 Å². The highest BCUT2D eigenvalue weighted by Gasteiger charge is 2.11. The zero-order chi connectivity index (χ0) is 11.0. The van der Waals surface area contributed by atoms with E-state index in [0.717, 1.165) is 23.0 Å². The number of phenolic OH excluding ortho intramolecular Hbond substituents is 1. The van der Waals surface area contributed by atoms with Gasteiger partial charge >= 0.3 is 0 Å². The van der Waals surface area contributed by atoms with Crippen LogP contribution in [0.25, 0.3) is 10.9 Å². The molecule has 1 aromatic heterocycles. The molecule has 0 saturated heterocycles. The van der Waals surface area contributed by atoms with Crippen molar-refractivity contribution in [3.63, 3.8) is 0 Å². The van der Waals surface area contributed by atoms with E-state index in [1.165, 1.54) is 0 Å². The molecule has 0 saturated carbocycles. The van der Waals surface area contributed by atoms with E-state index in [2.05, 4.69) is 11.5 Å². The summed E-state index contributed by atoms with van der Waals surface area (Å²) in [4.78, 5) is 0. The van der Waals surface area contributed by atoms with Crippen LogP contribution in [0.1, 0.15) is 25.5 Å². The van der Waals surface area contributed by atoms with E-state index in [1.54, 1.807) is 19.1 Å². The van der Waals surface area contributed by atoms with E-state index in [9.17, 15) is 10.2 Å². The first-order valence-corrected chi connectivity index (χ1v) is 5.13. The first kappa shape index (κ1) is 10.1. The third-order valence-corrected chi connectivity index (χ3v) is 2.69.